The molecular formula is C25H24N4O3S. The Morgan fingerprint density at radius 2 is 1.76 bits per heavy atom. The minimum absolute atomic E-state index is 0.266. The Kier molecular flexibility index (Phi) is 6.65. The highest BCUT2D eigenvalue weighted by molar-refractivity contribution is 7.13. The van der Waals surface area contributed by atoms with Crippen molar-refractivity contribution >= 4 is 17.2 Å². The third-order valence-corrected chi connectivity index (χ3v) is 6.19. The van der Waals surface area contributed by atoms with Gasteiger partial charge in [0.05, 0.1) is 25.0 Å². The van der Waals surface area contributed by atoms with Crippen molar-refractivity contribution in [3.05, 3.63) is 87.7 Å². The van der Waals surface area contributed by atoms with Crippen molar-refractivity contribution in [2.45, 2.75) is 26.4 Å². The summed E-state index contributed by atoms with van der Waals surface area (Å²) in [6.45, 7) is 3.93. The number of nitrogens with one attached hydrogen (secondary N) is 1. The van der Waals surface area contributed by atoms with E-state index in [0.717, 1.165) is 33.1 Å². The number of hydrogen-bond acceptors (Lipinski definition) is 6. The molecule has 1 unspecified atom stereocenters. The van der Waals surface area contributed by atoms with E-state index >= 15 is 0 Å². The van der Waals surface area contributed by atoms with Gasteiger partial charge < -0.3 is 10.1 Å². The van der Waals surface area contributed by atoms with Crippen LogP contribution in [0, 0.1) is 6.92 Å². The number of carbonyl (C=O) groups is 1. The molecule has 33 heavy (non-hydrogen) atoms. The second-order valence-electron chi connectivity index (χ2n) is 7.63. The fourth-order valence-electron chi connectivity index (χ4n) is 3.27. The maximum absolute atomic E-state index is 12.8. The van der Waals surface area contributed by atoms with Gasteiger partial charge in [0.2, 0.25) is 5.91 Å². The van der Waals surface area contributed by atoms with E-state index in [4.69, 9.17) is 4.74 Å². The molecule has 8 heteroatoms. The van der Waals surface area contributed by atoms with Gasteiger partial charge in [-0.2, -0.15) is 5.10 Å². The molecule has 168 valence electrons. The number of methoxy groups -OCH3 is 1. The van der Waals surface area contributed by atoms with Crippen molar-refractivity contribution in [2.75, 3.05) is 7.11 Å². The molecule has 0 fully saturated rings. The number of rotatable bonds is 7. The normalized spacial score (nSPS) is 11.7. The monoisotopic (exact) mass is 460 g/mol. The lowest BCUT2D eigenvalue weighted by atomic mass is 10.1. The first-order valence-electron chi connectivity index (χ1n) is 10.5. The summed E-state index contributed by atoms with van der Waals surface area (Å²) in [5, 5.41) is 10.1. The van der Waals surface area contributed by atoms with Crippen LogP contribution in [0.2, 0.25) is 0 Å². The number of carbonyl (C=O) groups excluding carboxylic acids is 1. The fourth-order valence-corrected chi connectivity index (χ4v) is 4.10. The Morgan fingerprint density at radius 3 is 2.45 bits per heavy atom. The lowest BCUT2D eigenvalue weighted by Crippen LogP contribution is -2.36. The number of aryl methyl sites for hydroxylation is 1. The average Bonchev–Trinajstić information content (AvgIpc) is 3.32. The largest absolute Gasteiger partial charge is 0.497 e. The number of ether oxygens (including phenoxy) is 1. The molecule has 0 spiro atoms. The third-order valence-electron chi connectivity index (χ3n) is 5.25. The molecule has 0 aliphatic rings. The zero-order valence-corrected chi connectivity index (χ0v) is 19.4. The lowest BCUT2D eigenvalue weighted by Gasteiger charge is -2.14. The maximum atomic E-state index is 12.8. The average molecular weight is 461 g/mol. The summed E-state index contributed by atoms with van der Waals surface area (Å²) in [6, 6.07) is 17.9. The molecule has 1 atom stereocenters. The minimum Gasteiger partial charge on any atom is -0.497 e. The van der Waals surface area contributed by atoms with Gasteiger partial charge in [-0.15, -0.1) is 11.3 Å². The summed E-state index contributed by atoms with van der Waals surface area (Å²) in [7, 11) is 1.63. The van der Waals surface area contributed by atoms with E-state index in [1.165, 1.54) is 22.1 Å². The summed E-state index contributed by atoms with van der Waals surface area (Å²) >= 11 is 1.50. The molecule has 0 radical (unpaired) electrons. The molecule has 1 N–H and O–H groups in total. The number of amides is 1. The van der Waals surface area contributed by atoms with E-state index < -0.39 is 6.04 Å². The molecule has 2 heterocycles. The van der Waals surface area contributed by atoms with E-state index in [-0.39, 0.29) is 18.0 Å². The van der Waals surface area contributed by atoms with Gasteiger partial charge in [0, 0.05) is 22.6 Å². The van der Waals surface area contributed by atoms with Crippen LogP contribution in [-0.4, -0.2) is 27.8 Å². The topological polar surface area (TPSA) is 86.1 Å². The Balaban J connectivity index is 1.44. The molecule has 0 saturated heterocycles. The van der Waals surface area contributed by atoms with Crippen LogP contribution < -0.4 is 15.6 Å². The van der Waals surface area contributed by atoms with Gasteiger partial charge in [-0.3, -0.25) is 9.59 Å². The Labute approximate surface area is 195 Å². The number of hydrogen-bond donors (Lipinski definition) is 1. The van der Waals surface area contributed by atoms with Gasteiger partial charge in [-0.05, 0) is 44.2 Å². The van der Waals surface area contributed by atoms with Gasteiger partial charge in [-0.25, -0.2) is 9.67 Å². The molecule has 4 rings (SSSR count). The van der Waals surface area contributed by atoms with Crippen LogP contribution in [0.3, 0.4) is 0 Å². The second-order valence-corrected chi connectivity index (χ2v) is 8.49. The van der Waals surface area contributed by atoms with Gasteiger partial charge in [0.1, 0.15) is 16.8 Å². The first-order valence-corrected chi connectivity index (χ1v) is 11.4. The van der Waals surface area contributed by atoms with Crippen LogP contribution in [0.5, 0.6) is 5.75 Å². The van der Waals surface area contributed by atoms with Crippen molar-refractivity contribution in [1.29, 1.82) is 0 Å². The zero-order valence-electron chi connectivity index (χ0n) is 18.6. The van der Waals surface area contributed by atoms with E-state index in [1.807, 2.05) is 60.8 Å². The number of benzene rings is 2. The molecule has 2 aromatic carbocycles. The zero-order chi connectivity index (χ0) is 23.4. The standard InChI is InChI=1S/C25H24N4O3S/c1-16-4-6-18(7-5-16)22-12-13-23(30)29(28-22)17(2)24(31)26-14-20-15-33-25(27-20)19-8-10-21(32-3)11-9-19/h4-13,15,17H,14H2,1-3H3,(H,26,31). The second kappa shape index (κ2) is 9.79. The highest BCUT2D eigenvalue weighted by Crippen LogP contribution is 2.25. The highest BCUT2D eigenvalue weighted by atomic mass is 32.1. The first kappa shape index (κ1) is 22.4. The molecule has 1 amide bonds. The van der Waals surface area contributed by atoms with E-state index in [9.17, 15) is 9.59 Å². The summed E-state index contributed by atoms with van der Waals surface area (Å²) in [5.74, 6) is 0.483. The first-order chi connectivity index (χ1) is 15.9. The van der Waals surface area contributed by atoms with Crippen LogP contribution in [0.25, 0.3) is 21.8 Å². The van der Waals surface area contributed by atoms with Crippen LogP contribution in [0.1, 0.15) is 24.2 Å². The van der Waals surface area contributed by atoms with Crippen molar-refractivity contribution in [2.24, 2.45) is 0 Å². The molecule has 7 nitrogen and oxygen atoms in total. The van der Waals surface area contributed by atoms with Crippen LogP contribution in [0.15, 0.2) is 70.8 Å². The summed E-state index contributed by atoms with van der Waals surface area (Å²) in [6.07, 6.45) is 0. The van der Waals surface area contributed by atoms with Crippen LogP contribution >= 0.6 is 11.3 Å². The quantitative estimate of drug-likeness (QED) is 0.446. The molecule has 0 saturated carbocycles. The van der Waals surface area contributed by atoms with Crippen LogP contribution in [0.4, 0.5) is 0 Å². The Bertz CT molecular complexity index is 1310. The van der Waals surface area contributed by atoms with Crippen LogP contribution in [-0.2, 0) is 11.3 Å². The minimum atomic E-state index is -0.761. The molecular weight excluding hydrogens is 436 g/mol. The van der Waals surface area contributed by atoms with E-state index in [2.05, 4.69) is 15.4 Å². The van der Waals surface area contributed by atoms with Gasteiger partial charge >= 0.3 is 0 Å². The Morgan fingerprint density at radius 1 is 1.06 bits per heavy atom. The number of nitrogens with zero attached hydrogens (tertiary/aromatic N) is 3. The third kappa shape index (κ3) is 5.18. The lowest BCUT2D eigenvalue weighted by molar-refractivity contribution is -0.124. The summed E-state index contributed by atoms with van der Waals surface area (Å²) in [4.78, 5) is 29.7. The predicted molar refractivity (Wildman–Crippen MR) is 129 cm³/mol. The summed E-state index contributed by atoms with van der Waals surface area (Å²) in [5.41, 5.74) is 4.06. The van der Waals surface area contributed by atoms with Gasteiger partial charge in [-0.1, -0.05) is 29.8 Å². The smallest absolute Gasteiger partial charge is 0.267 e. The van der Waals surface area contributed by atoms with Crippen molar-refractivity contribution in [3.63, 3.8) is 0 Å². The van der Waals surface area contributed by atoms with Gasteiger partial charge in [0.25, 0.3) is 5.56 Å². The predicted octanol–water partition coefficient (Wildman–Crippen LogP) is 4.23. The maximum Gasteiger partial charge on any atom is 0.267 e. The van der Waals surface area contributed by atoms with Gasteiger partial charge in [0.15, 0.2) is 0 Å². The van der Waals surface area contributed by atoms with E-state index in [0.29, 0.717) is 5.69 Å². The van der Waals surface area contributed by atoms with Crippen molar-refractivity contribution in [3.8, 4) is 27.6 Å². The van der Waals surface area contributed by atoms with E-state index in [1.54, 1.807) is 20.1 Å². The number of thiazole rings is 1. The Hall–Kier alpha value is -3.78. The molecule has 0 bridgehead atoms. The molecule has 0 aliphatic heterocycles. The number of aromatic nitrogens is 3. The SMILES string of the molecule is COc1ccc(-c2nc(CNC(=O)C(C)n3nc(-c4ccc(C)cc4)ccc3=O)cs2)cc1. The fraction of sp³-hybridized carbons (Fsp3) is 0.200. The van der Waals surface area contributed by atoms with Crippen molar-refractivity contribution in [1.82, 2.24) is 20.1 Å². The molecule has 4 aromatic rings. The highest BCUT2D eigenvalue weighted by Gasteiger charge is 2.18. The van der Waals surface area contributed by atoms with Crippen molar-refractivity contribution < 1.29 is 9.53 Å². The molecule has 0 aliphatic carbocycles. The summed E-state index contributed by atoms with van der Waals surface area (Å²) < 4.78 is 6.40. The molecule has 2 aromatic heterocycles.